The molecule has 2 aromatic carbocycles. The molecule has 0 radical (unpaired) electrons. The lowest BCUT2D eigenvalue weighted by Gasteiger charge is -2.24. The highest BCUT2D eigenvalue weighted by Gasteiger charge is 2.30. The van der Waals surface area contributed by atoms with Crippen LogP contribution in [0.3, 0.4) is 0 Å². The van der Waals surface area contributed by atoms with E-state index in [1.54, 1.807) is 17.0 Å². The van der Waals surface area contributed by atoms with Gasteiger partial charge < -0.3 is 15.0 Å². The predicted molar refractivity (Wildman–Crippen MR) is 119 cm³/mol. The molecule has 0 saturated carbocycles. The van der Waals surface area contributed by atoms with Crippen molar-refractivity contribution in [3.05, 3.63) is 59.1 Å². The van der Waals surface area contributed by atoms with Crippen LogP contribution in [0.2, 0.25) is 5.02 Å². The van der Waals surface area contributed by atoms with Crippen molar-refractivity contribution in [2.45, 2.75) is 38.7 Å². The number of carbonyl (C=O) groups excluding carboxylic acids is 1. The number of likely N-dealkylation sites (tertiary alicyclic amines) is 1. The fourth-order valence-electron chi connectivity index (χ4n) is 3.68. The quantitative estimate of drug-likeness (QED) is 0.547. The summed E-state index contributed by atoms with van der Waals surface area (Å²) in [6, 6.07) is 10.7. The number of nitrogens with zero attached hydrogens (tertiary/aromatic N) is 3. The minimum Gasteiger partial charge on any atom is -0.444 e. The highest BCUT2D eigenvalue weighted by Crippen LogP contribution is 2.33. The van der Waals surface area contributed by atoms with Crippen LogP contribution in [0.15, 0.2) is 42.7 Å². The van der Waals surface area contributed by atoms with Crippen LogP contribution in [-0.4, -0.2) is 39.7 Å². The lowest BCUT2D eigenvalue weighted by Crippen LogP contribution is -2.35. The summed E-state index contributed by atoms with van der Waals surface area (Å²) >= 11 is 5.90. The molecule has 8 heteroatoms. The molecular weight excluding hydrogens is 419 g/mol. The van der Waals surface area contributed by atoms with Crippen molar-refractivity contribution in [2.24, 2.45) is 0 Å². The van der Waals surface area contributed by atoms with Gasteiger partial charge in [0.05, 0.1) is 16.2 Å². The van der Waals surface area contributed by atoms with Gasteiger partial charge in [0, 0.05) is 24.4 Å². The molecule has 0 bridgehead atoms. The maximum absolute atomic E-state index is 14.4. The van der Waals surface area contributed by atoms with E-state index in [-0.39, 0.29) is 22.7 Å². The topological polar surface area (TPSA) is 67.3 Å². The van der Waals surface area contributed by atoms with Gasteiger partial charge in [-0.25, -0.2) is 19.2 Å². The largest absolute Gasteiger partial charge is 0.444 e. The molecule has 3 aromatic rings. The van der Waals surface area contributed by atoms with Crippen LogP contribution in [0.1, 0.15) is 38.7 Å². The molecule has 1 atom stereocenters. The molecule has 2 heterocycles. The van der Waals surface area contributed by atoms with Crippen LogP contribution in [0.4, 0.5) is 20.7 Å². The number of fused-ring (bicyclic) bond motifs is 1. The zero-order chi connectivity index (χ0) is 22.2. The summed E-state index contributed by atoms with van der Waals surface area (Å²) in [5.41, 5.74) is 1.54. The number of benzene rings is 2. The van der Waals surface area contributed by atoms with Gasteiger partial charge in [0.15, 0.2) is 5.82 Å². The van der Waals surface area contributed by atoms with Crippen LogP contribution in [0, 0.1) is 5.82 Å². The van der Waals surface area contributed by atoms with Crippen molar-refractivity contribution in [1.29, 1.82) is 0 Å². The van der Waals surface area contributed by atoms with Crippen molar-refractivity contribution in [1.82, 2.24) is 14.9 Å². The molecule has 31 heavy (non-hydrogen) atoms. The van der Waals surface area contributed by atoms with Gasteiger partial charge in [-0.2, -0.15) is 0 Å². The normalized spacial score (nSPS) is 16.5. The number of amides is 1. The first-order valence-corrected chi connectivity index (χ1v) is 10.5. The monoisotopic (exact) mass is 442 g/mol. The summed E-state index contributed by atoms with van der Waals surface area (Å²) in [6.07, 6.45) is 1.98. The van der Waals surface area contributed by atoms with E-state index < -0.39 is 11.4 Å². The summed E-state index contributed by atoms with van der Waals surface area (Å²) in [5.74, 6) is 0.138. The summed E-state index contributed by atoms with van der Waals surface area (Å²) in [6.45, 7) is 6.80. The Labute approximate surface area is 185 Å². The third kappa shape index (κ3) is 4.71. The summed E-state index contributed by atoms with van der Waals surface area (Å²) in [7, 11) is 0. The Hall–Kier alpha value is -2.93. The van der Waals surface area contributed by atoms with E-state index >= 15 is 0 Å². The lowest BCUT2D eigenvalue weighted by atomic mass is 9.97. The average molecular weight is 443 g/mol. The van der Waals surface area contributed by atoms with Crippen molar-refractivity contribution >= 4 is 40.1 Å². The number of ether oxygens (including phenoxy) is 1. The zero-order valence-corrected chi connectivity index (χ0v) is 18.4. The summed E-state index contributed by atoms with van der Waals surface area (Å²) < 4.78 is 19.9. The van der Waals surface area contributed by atoms with E-state index in [1.165, 1.54) is 12.4 Å². The number of halogens is 2. The van der Waals surface area contributed by atoms with Gasteiger partial charge in [0.2, 0.25) is 0 Å². The molecule has 1 aromatic heterocycles. The van der Waals surface area contributed by atoms with E-state index in [4.69, 9.17) is 16.3 Å². The standard InChI is InChI=1S/C23H24ClFN4O2/c1-23(2,3)31-22(30)29-10-9-15(12-29)14-7-8-18-16(11-14)21(27-13-26-18)28-19-6-4-5-17(24)20(19)25/h4-8,11,13,15H,9-10,12H2,1-3H3,(H,26,27,28)/t15-/m0/s1. The highest BCUT2D eigenvalue weighted by molar-refractivity contribution is 6.31. The Kier molecular flexibility index (Phi) is 5.71. The first-order valence-electron chi connectivity index (χ1n) is 10.1. The number of hydrogen-bond acceptors (Lipinski definition) is 5. The first kappa shape index (κ1) is 21.3. The second-order valence-corrected chi connectivity index (χ2v) is 9.04. The first-order chi connectivity index (χ1) is 14.7. The Morgan fingerprint density at radius 1 is 1.26 bits per heavy atom. The SMILES string of the molecule is CC(C)(C)OC(=O)N1CC[C@H](c2ccc3ncnc(Nc4cccc(Cl)c4F)c3c2)C1. The number of anilines is 2. The minimum atomic E-state index is -0.532. The van der Waals surface area contributed by atoms with Crippen molar-refractivity contribution in [3.8, 4) is 0 Å². The highest BCUT2D eigenvalue weighted by atomic mass is 35.5. The van der Waals surface area contributed by atoms with Crippen LogP contribution >= 0.6 is 11.6 Å². The number of nitrogens with one attached hydrogen (secondary N) is 1. The van der Waals surface area contributed by atoms with E-state index in [0.717, 1.165) is 22.9 Å². The van der Waals surface area contributed by atoms with Crippen LogP contribution in [0.5, 0.6) is 0 Å². The number of hydrogen-bond donors (Lipinski definition) is 1. The number of aromatic nitrogens is 2. The predicted octanol–water partition coefficient (Wildman–Crippen LogP) is 5.89. The van der Waals surface area contributed by atoms with Crippen LogP contribution in [-0.2, 0) is 4.74 Å². The molecule has 6 nitrogen and oxygen atoms in total. The molecule has 1 aliphatic rings. The molecule has 0 unspecified atom stereocenters. The Morgan fingerprint density at radius 3 is 2.84 bits per heavy atom. The summed E-state index contributed by atoms with van der Waals surface area (Å²) in [4.78, 5) is 22.8. The smallest absolute Gasteiger partial charge is 0.410 e. The zero-order valence-electron chi connectivity index (χ0n) is 17.7. The third-order valence-electron chi connectivity index (χ3n) is 5.18. The average Bonchev–Trinajstić information content (AvgIpc) is 3.21. The minimum absolute atomic E-state index is 0.0391. The van der Waals surface area contributed by atoms with E-state index in [0.29, 0.717) is 18.9 Å². The van der Waals surface area contributed by atoms with Gasteiger partial charge in [-0.05, 0) is 57.0 Å². The van der Waals surface area contributed by atoms with E-state index in [9.17, 15) is 9.18 Å². The van der Waals surface area contributed by atoms with Gasteiger partial charge in [0.25, 0.3) is 0 Å². The fraction of sp³-hybridized carbons (Fsp3) is 0.348. The van der Waals surface area contributed by atoms with Crippen molar-refractivity contribution in [2.75, 3.05) is 18.4 Å². The van der Waals surface area contributed by atoms with Gasteiger partial charge in [-0.15, -0.1) is 0 Å². The molecule has 1 saturated heterocycles. The van der Waals surface area contributed by atoms with Gasteiger partial charge in [0.1, 0.15) is 17.7 Å². The molecule has 162 valence electrons. The molecule has 4 rings (SSSR count). The molecule has 1 N–H and O–H groups in total. The van der Waals surface area contributed by atoms with Crippen molar-refractivity contribution in [3.63, 3.8) is 0 Å². The fourth-order valence-corrected chi connectivity index (χ4v) is 3.85. The molecule has 1 aliphatic heterocycles. The molecule has 1 fully saturated rings. The van der Waals surface area contributed by atoms with Crippen LogP contribution < -0.4 is 5.32 Å². The Morgan fingerprint density at radius 2 is 2.06 bits per heavy atom. The summed E-state index contributed by atoms with van der Waals surface area (Å²) in [5, 5.41) is 3.84. The van der Waals surface area contributed by atoms with Gasteiger partial charge in [-0.3, -0.25) is 0 Å². The van der Waals surface area contributed by atoms with Gasteiger partial charge in [-0.1, -0.05) is 23.7 Å². The maximum atomic E-state index is 14.4. The molecule has 1 amide bonds. The lowest BCUT2D eigenvalue weighted by molar-refractivity contribution is 0.0292. The third-order valence-corrected chi connectivity index (χ3v) is 5.47. The Balaban J connectivity index is 1.59. The number of rotatable bonds is 3. The molecule has 0 spiro atoms. The van der Waals surface area contributed by atoms with Crippen molar-refractivity contribution < 1.29 is 13.9 Å². The molecule has 0 aliphatic carbocycles. The van der Waals surface area contributed by atoms with E-state index in [1.807, 2.05) is 39.0 Å². The van der Waals surface area contributed by atoms with Crippen LogP contribution in [0.25, 0.3) is 10.9 Å². The number of carbonyl (C=O) groups is 1. The Bertz CT molecular complexity index is 1130. The van der Waals surface area contributed by atoms with Gasteiger partial charge >= 0.3 is 6.09 Å². The maximum Gasteiger partial charge on any atom is 0.410 e. The molecular formula is C23H24ClFN4O2. The second kappa shape index (κ2) is 8.30. The second-order valence-electron chi connectivity index (χ2n) is 8.64. The van der Waals surface area contributed by atoms with E-state index in [2.05, 4.69) is 15.3 Å².